The number of imidazole rings is 1. The zero-order valence-electron chi connectivity index (χ0n) is 14.6. The fourth-order valence-electron chi connectivity index (χ4n) is 3.14. The summed E-state index contributed by atoms with van der Waals surface area (Å²) in [5.74, 6) is 0.622. The molecule has 1 aliphatic heterocycles. The quantitative estimate of drug-likeness (QED) is 0.853. The van der Waals surface area contributed by atoms with Crippen LogP contribution in [0.25, 0.3) is 0 Å². The Kier molecular flexibility index (Phi) is 5.16. The number of carbonyl (C=O) groups is 1. The first-order valence-electron chi connectivity index (χ1n) is 8.69. The number of H-pyrrole nitrogens is 1. The number of nitrogens with one attached hydrogen (secondary N) is 2. The Labute approximate surface area is 146 Å². The van der Waals surface area contributed by atoms with Gasteiger partial charge in [-0.25, -0.2) is 9.67 Å². The molecule has 1 aliphatic rings. The van der Waals surface area contributed by atoms with E-state index in [1.54, 1.807) is 12.1 Å². The summed E-state index contributed by atoms with van der Waals surface area (Å²) in [6.45, 7) is 5.28. The maximum Gasteiger partial charge on any atom is 0.269 e. The Bertz CT molecular complexity index is 768. The highest BCUT2D eigenvalue weighted by Gasteiger charge is 2.25. The Morgan fingerprint density at radius 2 is 2.24 bits per heavy atom. The third-order valence-corrected chi connectivity index (χ3v) is 4.46. The van der Waals surface area contributed by atoms with Crippen LogP contribution in [0.3, 0.4) is 0 Å². The molecule has 1 fully saturated rings. The Morgan fingerprint density at radius 1 is 1.40 bits per heavy atom. The summed E-state index contributed by atoms with van der Waals surface area (Å²) in [6.07, 6.45) is 6.17. The highest BCUT2D eigenvalue weighted by atomic mass is 16.2. The molecule has 3 rings (SSSR count). The zero-order valence-corrected chi connectivity index (χ0v) is 14.6. The van der Waals surface area contributed by atoms with Crippen LogP contribution >= 0.6 is 0 Å². The van der Waals surface area contributed by atoms with Crippen molar-refractivity contribution >= 4 is 11.7 Å². The molecule has 134 valence electrons. The summed E-state index contributed by atoms with van der Waals surface area (Å²) >= 11 is 0. The second-order valence-electron chi connectivity index (χ2n) is 6.59. The lowest BCUT2D eigenvalue weighted by atomic mass is 10.0. The highest BCUT2D eigenvalue weighted by Crippen LogP contribution is 2.22. The number of aromatic amines is 1. The molecule has 8 heteroatoms. The van der Waals surface area contributed by atoms with Gasteiger partial charge in [0.05, 0.1) is 18.6 Å². The van der Waals surface area contributed by atoms with E-state index >= 15 is 0 Å². The van der Waals surface area contributed by atoms with Crippen molar-refractivity contribution in [3.8, 4) is 0 Å². The van der Waals surface area contributed by atoms with Gasteiger partial charge in [-0.05, 0) is 39.2 Å². The molecule has 8 nitrogen and oxygen atoms in total. The summed E-state index contributed by atoms with van der Waals surface area (Å²) in [5.41, 5.74) is 0.355. The van der Waals surface area contributed by atoms with E-state index in [9.17, 15) is 9.59 Å². The average molecular weight is 344 g/mol. The minimum absolute atomic E-state index is 0.00997. The van der Waals surface area contributed by atoms with Crippen molar-refractivity contribution < 1.29 is 4.79 Å². The molecular weight excluding hydrogens is 320 g/mol. The Morgan fingerprint density at radius 3 is 2.96 bits per heavy atom. The van der Waals surface area contributed by atoms with Gasteiger partial charge in [0.15, 0.2) is 0 Å². The lowest BCUT2D eigenvalue weighted by Gasteiger charge is -2.36. The Balaban J connectivity index is 1.74. The lowest BCUT2D eigenvalue weighted by molar-refractivity contribution is 0.0945. The van der Waals surface area contributed by atoms with Crippen molar-refractivity contribution in [1.29, 1.82) is 0 Å². The molecular formula is C17H24N6O2. The van der Waals surface area contributed by atoms with Gasteiger partial charge in [0.2, 0.25) is 0 Å². The number of aromatic nitrogens is 4. The molecule has 3 heterocycles. The van der Waals surface area contributed by atoms with Crippen LogP contribution in [0.1, 0.15) is 49.6 Å². The third kappa shape index (κ3) is 3.89. The van der Waals surface area contributed by atoms with Gasteiger partial charge in [0.1, 0.15) is 11.5 Å². The smallest absolute Gasteiger partial charge is 0.269 e. The normalized spacial score (nSPS) is 17.7. The molecule has 0 aromatic carbocycles. The summed E-state index contributed by atoms with van der Waals surface area (Å²) < 4.78 is 1.50. The van der Waals surface area contributed by atoms with Crippen LogP contribution in [0, 0.1) is 0 Å². The first-order valence-corrected chi connectivity index (χ1v) is 8.69. The standard InChI is InChI=1S/C17H24N6O2/c1-12(2)23-16(24)7-6-15(21-23)22-8-4-3-5-13(22)9-19-17(25)14-10-18-11-20-14/h6-7,10-13H,3-5,8-9H2,1-2H3,(H,18,20)(H,19,25). The summed E-state index contributed by atoms with van der Waals surface area (Å²) in [6, 6.07) is 3.51. The van der Waals surface area contributed by atoms with Gasteiger partial charge < -0.3 is 15.2 Å². The van der Waals surface area contributed by atoms with Gasteiger partial charge in [-0.1, -0.05) is 0 Å². The predicted octanol–water partition coefficient (Wildman–Crippen LogP) is 1.34. The van der Waals surface area contributed by atoms with E-state index < -0.39 is 0 Å². The van der Waals surface area contributed by atoms with Crippen LogP contribution in [0.2, 0.25) is 0 Å². The van der Waals surface area contributed by atoms with Gasteiger partial charge in [0.25, 0.3) is 11.5 Å². The number of rotatable bonds is 5. The number of piperidine rings is 1. The van der Waals surface area contributed by atoms with Crippen molar-refractivity contribution in [3.63, 3.8) is 0 Å². The zero-order chi connectivity index (χ0) is 17.8. The number of hydrogen-bond donors (Lipinski definition) is 2. The second-order valence-corrected chi connectivity index (χ2v) is 6.59. The van der Waals surface area contributed by atoms with E-state index in [0.29, 0.717) is 12.2 Å². The van der Waals surface area contributed by atoms with E-state index in [4.69, 9.17) is 0 Å². The number of nitrogens with zero attached hydrogens (tertiary/aromatic N) is 4. The summed E-state index contributed by atoms with van der Waals surface area (Å²) in [5, 5.41) is 7.48. The number of carbonyl (C=O) groups excluding carboxylic acids is 1. The first kappa shape index (κ1) is 17.2. The lowest BCUT2D eigenvalue weighted by Crippen LogP contribution is -2.47. The van der Waals surface area contributed by atoms with Crippen LogP contribution < -0.4 is 15.8 Å². The van der Waals surface area contributed by atoms with Gasteiger partial charge in [0, 0.05) is 25.2 Å². The van der Waals surface area contributed by atoms with Crippen LogP contribution in [-0.4, -0.2) is 44.8 Å². The van der Waals surface area contributed by atoms with E-state index in [-0.39, 0.29) is 23.6 Å². The maximum atomic E-state index is 12.1. The molecule has 1 atom stereocenters. The molecule has 1 saturated heterocycles. The molecule has 0 radical (unpaired) electrons. The molecule has 2 aromatic heterocycles. The number of amides is 1. The SMILES string of the molecule is CC(C)n1nc(N2CCCCC2CNC(=O)c2cnc[nH]2)ccc1=O. The van der Waals surface area contributed by atoms with Crippen molar-refractivity contribution in [2.75, 3.05) is 18.0 Å². The number of anilines is 1. The molecule has 2 aromatic rings. The monoisotopic (exact) mass is 344 g/mol. The minimum atomic E-state index is -0.164. The minimum Gasteiger partial charge on any atom is -0.350 e. The fourth-order valence-corrected chi connectivity index (χ4v) is 3.14. The second kappa shape index (κ2) is 7.50. The summed E-state index contributed by atoms with van der Waals surface area (Å²) in [4.78, 5) is 32.9. The largest absolute Gasteiger partial charge is 0.350 e. The highest BCUT2D eigenvalue weighted by molar-refractivity contribution is 5.91. The first-order chi connectivity index (χ1) is 12.1. The van der Waals surface area contributed by atoms with Crippen LogP contribution in [-0.2, 0) is 0 Å². The van der Waals surface area contributed by atoms with Crippen molar-refractivity contribution in [2.45, 2.75) is 45.2 Å². The van der Waals surface area contributed by atoms with E-state index in [2.05, 4.69) is 25.3 Å². The molecule has 0 aliphatic carbocycles. The van der Waals surface area contributed by atoms with E-state index in [1.165, 1.54) is 17.2 Å². The van der Waals surface area contributed by atoms with E-state index in [1.807, 2.05) is 13.8 Å². The molecule has 0 bridgehead atoms. The Hall–Kier alpha value is -2.64. The topological polar surface area (TPSA) is 95.9 Å². The van der Waals surface area contributed by atoms with Gasteiger partial charge in [-0.15, -0.1) is 0 Å². The van der Waals surface area contributed by atoms with Gasteiger partial charge in [-0.2, -0.15) is 5.10 Å². The molecule has 0 saturated carbocycles. The van der Waals surface area contributed by atoms with Gasteiger partial charge in [-0.3, -0.25) is 9.59 Å². The van der Waals surface area contributed by atoms with Crippen molar-refractivity contribution in [3.05, 3.63) is 40.7 Å². The average Bonchev–Trinajstić information content (AvgIpc) is 3.15. The fraction of sp³-hybridized carbons (Fsp3) is 0.529. The predicted molar refractivity (Wildman–Crippen MR) is 94.8 cm³/mol. The van der Waals surface area contributed by atoms with E-state index in [0.717, 1.165) is 31.6 Å². The molecule has 0 spiro atoms. The van der Waals surface area contributed by atoms with Crippen LogP contribution in [0.5, 0.6) is 0 Å². The molecule has 2 N–H and O–H groups in total. The van der Waals surface area contributed by atoms with Gasteiger partial charge >= 0.3 is 0 Å². The van der Waals surface area contributed by atoms with Crippen LogP contribution in [0.15, 0.2) is 29.5 Å². The molecule has 1 amide bonds. The molecule has 25 heavy (non-hydrogen) atoms. The molecule has 1 unspecified atom stereocenters. The van der Waals surface area contributed by atoms with Crippen LogP contribution in [0.4, 0.5) is 5.82 Å². The summed E-state index contributed by atoms with van der Waals surface area (Å²) in [7, 11) is 0. The third-order valence-electron chi connectivity index (χ3n) is 4.46. The van der Waals surface area contributed by atoms with Crippen molar-refractivity contribution in [2.24, 2.45) is 0 Å². The maximum absolute atomic E-state index is 12.1. The van der Waals surface area contributed by atoms with Crippen molar-refractivity contribution in [1.82, 2.24) is 25.1 Å². The number of hydrogen-bond acceptors (Lipinski definition) is 5.